The van der Waals surface area contributed by atoms with Gasteiger partial charge in [0.2, 0.25) is 5.88 Å². The quantitative estimate of drug-likeness (QED) is 0.914. The number of rotatable bonds is 5. The summed E-state index contributed by atoms with van der Waals surface area (Å²) in [6.07, 6.45) is 2.33. The van der Waals surface area contributed by atoms with E-state index in [1.165, 1.54) is 12.7 Å². The number of carbonyl (C=O) groups is 1. The minimum absolute atomic E-state index is 0.0148. The lowest BCUT2D eigenvalue weighted by molar-refractivity contribution is 0.0936. The SMILES string of the molecule is COc1ncccc1C(=O)N[C@@H](C)Cc1c(C)nn(C)c1C. The molecule has 0 saturated carbocycles. The molecule has 0 bridgehead atoms. The van der Waals surface area contributed by atoms with Gasteiger partial charge in [-0.1, -0.05) is 0 Å². The lowest BCUT2D eigenvalue weighted by atomic mass is 10.0. The van der Waals surface area contributed by atoms with Crippen LogP contribution in [0.15, 0.2) is 18.3 Å². The monoisotopic (exact) mass is 302 g/mol. The van der Waals surface area contributed by atoms with Crippen LogP contribution in [-0.4, -0.2) is 33.8 Å². The molecule has 0 fully saturated rings. The molecule has 22 heavy (non-hydrogen) atoms. The van der Waals surface area contributed by atoms with Crippen LogP contribution in [0.2, 0.25) is 0 Å². The van der Waals surface area contributed by atoms with Gasteiger partial charge in [-0.2, -0.15) is 5.10 Å². The number of nitrogens with one attached hydrogen (secondary N) is 1. The molecule has 0 radical (unpaired) electrons. The van der Waals surface area contributed by atoms with E-state index < -0.39 is 0 Å². The van der Waals surface area contributed by atoms with Crippen molar-refractivity contribution in [3.05, 3.63) is 40.8 Å². The van der Waals surface area contributed by atoms with Crippen molar-refractivity contribution in [1.82, 2.24) is 20.1 Å². The van der Waals surface area contributed by atoms with Crippen LogP contribution in [0.3, 0.4) is 0 Å². The van der Waals surface area contributed by atoms with Crippen LogP contribution in [0, 0.1) is 13.8 Å². The Bertz CT molecular complexity index is 679. The maximum absolute atomic E-state index is 12.3. The van der Waals surface area contributed by atoms with Gasteiger partial charge in [0.1, 0.15) is 5.56 Å². The second kappa shape index (κ2) is 6.60. The Morgan fingerprint density at radius 2 is 2.18 bits per heavy atom. The van der Waals surface area contributed by atoms with E-state index in [9.17, 15) is 4.79 Å². The van der Waals surface area contributed by atoms with Crippen molar-refractivity contribution in [2.75, 3.05) is 7.11 Å². The van der Waals surface area contributed by atoms with Gasteiger partial charge in [-0.3, -0.25) is 9.48 Å². The number of hydrogen-bond donors (Lipinski definition) is 1. The fourth-order valence-electron chi connectivity index (χ4n) is 2.50. The van der Waals surface area contributed by atoms with Gasteiger partial charge in [0.15, 0.2) is 0 Å². The van der Waals surface area contributed by atoms with Crippen molar-refractivity contribution in [3.63, 3.8) is 0 Å². The molecular weight excluding hydrogens is 280 g/mol. The molecule has 1 atom stereocenters. The third-order valence-electron chi connectivity index (χ3n) is 3.76. The average Bonchev–Trinajstić information content (AvgIpc) is 2.73. The van der Waals surface area contributed by atoms with Crippen molar-refractivity contribution < 1.29 is 9.53 Å². The van der Waals surface area contributed by atoms with E-state index >= 15 is 0 Å². The molecular formula is C16H22N4O2. The first-order valence-electron chi connectivity index (χ1n) is 7.23. The zero-order valence-corrected chi connectivity index (χ0v) is 13.7. The second-order valence-electron chi connectivity index (χ2n) is 5.41. The first-order chi connectivity index (χ1) is 10.4. The molecule has 2 aromatic rings. The molecule has 118 valence electrons. The van der Waals surface area contributed by atoms with E-state index in [2.05, 4.69) is 15.4 Å². The number of hydrogen-bond acceptors (Lipinski definition) is 4. The Morgan fingerprint density at radius 1 is 1.45 bits per heavy atom. The van der Waals surface area contributed by atoms with Gasteiger partial charge in [-0.25, -0.2) is 4.98 Å². The highest BCUT2D eigenvalue weighted by Crippen LogP contribution is 2.16. The number of aromatic nitrogens is 3. The number of ether oxygens (including phenoxy) is 1. The van der Waals surface area contributed by atoms with E-state index in [-0.39, 0.29) is 11.9 Å². The molecule has 0 aliphatic carbocycles. The molecule has 1 N–H and O–H groups in total. The minimum atomic E-state index is -0.184. The maximum Gasteiger partial charge on any atom is 0.256 e. The number of nitrogens with zero attached hydrogens (tertiary/aromatic N) is 3. The Kier molecular flexibility index (Phi) is 4.80. The summed E-state index contributed by atoms with van der Waals surface area (Å²) in [7, 11) is 3.43. The van der Waals surface area contributed by atoms with Gasteiger partial charge < -0.3 is 10.1 Å². The molecule has 6 nitrogen and oxygen atoms in total. The molecule has 2 heterocycles. The summed E-state index contributed by atoms with van der Waals surface area (Å²) in [5.74, 6) is 0.151. The summed E-state index contributed by atoms with van der Waals surface area (Å²) in [5, 5.41) is 7.39. The largest absolute Gasteiger partial charge is 0.480 e. The van der Waals surface area contributed by atoms with E-state index in [0.717, 1.165) is 17.8 Å². The highest BCUT2D eigenvalue weighted by atomic mass is 16.5. The van der Waals surface area contributed by atoms with Crippen molar-refractivity contribution >= 4 is 5.91 Å². The van der Waals surface area contributed by atoms with Gasteiger partial charge >= 0.3 is 0 Å². The minimum Gasteiger partial charge on any atom is -0.480 e. The average molecular weight is 302 g/mol. The zero-order valence-electron chi connectivity index (χ0n) is 13.7. The van der Waals surface area contributed by atoms with Crippen LogP contribution >= 0.6 is 0 Å². The molecule has 1 amide bonds. The normalized spacial score (nSPS) is 12.0. The molecule has 6 heteroatoms. The Hall–Kier alpha value is -2.37. The topological polar surface area (TPSA) is 69.0 Å². The van der Waals surface area contributed by atoms with Gasteiger partial charge in [-0.15, -0.1) is 0 Å². The van der Waals surface area contributed by atoms with Gasteiger partial charge in [-0.05, 0) is 44.9 Å². The Balaban J connectivity index is 2.08. The van der Waals surface area contributed by atoms with Crippen molar-refractivity contribution in [3.8, 4) is 5.88 Å². The van der Waals surface area contributed by atoms with Crippen LogP contribution in [0.5, 0.6) is 5.88 Å². The van der Waals surface area contributed by atoms with Gasteiger partial charge in [0.25, 0.3) is 5.91 Å². The molecule has 0 aliphatic heterocycles. The zero-order chi connectivity index (χ0) is 16.3. The lowest BCUT2D eigenvalue weighted by Crippen LogP contribution is -2.34. The summed E-state index contributed by atoms with van der Waals surface area (Å²) in [6, 6.07) is 3.41. The van der Waals surface area contributed by atoms with E-state index in [1.54, 1.807) is 18.3 Å². The van der Waals surface area contributed by atoms with Crippen molar-refractivity contribution in [2.24, 2.45) is 7.05 Å². The Morgan fingerprint density at radius 3 is 2.77 bits per heavy atom. The number of methoxy groups -OCH3 is 1. The molecule has 0 spiro atoms. The highest BCUT2D eigenvalue weighted by molar-refractivity contribution is 5.96. The first kappa shape index (κ1) is 16.0. The number of pyridine rings is 1. The van der Waals surface area contributed by atoms with E-state index in [4.69, 9.17) is 4.74 Å². The Labute approximate surface area is 130 Å². The van der Waals surface area contributed by atoms with Crippen LogP contribution in [-0.2, 0) is 13.5 Å². The standard InChI is InChI=1S/C16H22N4O2/c1-10(9-14-11(2)19-20(4)12(14)3)18-15(21)13-7-6-8-17-16(13)22-5/h6-8,10H,9H2,1-5H3,(H,18,21)/t10-/m0/s1. The predicted octanol–water partition coefficient (Wildman–Crippen LogP) is 1.80. The van der Waals surface area contributed by atoms with Gasteiger partial charge in [0, 0.05) is 25.0 Å². The smallest absolute Gasteiger partial charge is 0.256 e. The molecule has 2 aromatic heterocycles. The predicted molar refractivity (Wildman–Crippen MR) is 84.1 cm³/mol. The van der Waals surface area contributed by atoms with Crippen LogP contribution in [0.25, 0.3) is 0 Å². The molecule has 0 unspecified atom stereocenters. The summed E-state index contributed by atoms with van der Waals surface area (Å²) in [4.78, 5) is 16.4. The maximum atomic E-state index is 12.3. The molecule has 0 aliphatic rings. The van der Waals surface area contributed by atoms with Crippen LogP contribution in [0.4, 0.5) is 0 Å². The first-order valence-corrected chi connectivity index (χ1v) is 7.23. The van der Waals surface area contributed by atoms with Crippen molar-refractivity contribution in [2.45, 2.75) is 33.2 Å². The fraction of sp³-hybridized carbons (Fsp3) is 0.438. The third kappa shape index (κ3) is 3.27. The lowest BCUT2D eigenvalue weighted by Gasteiger charge is -2.15. The summed E-state index contributed by atoms with van der Waals surface area (Å²) in [5.41, 5.74) is 3.74. The molecule has 0 saturated heterocycles. The number of aryl methyl sites for hydroxylation is 2. The van der Waals surface area contributed by atoms with Crippen LogP contribution < -0.4 is 10.1 Å². The molecule has 2 rings (SSSR count). The second-order valence-corrected chi connectivity index (χ2v) is 5.41. The van der Waals surface area contributed by atoms with E-state index in [1.807, 2.05) is 32.5 Å². The summed E-state index contributed by atoms with van der Waals surface area (Å²) in [6.45, 7) is 6.00. The van der Waals surface area contributed by atoms with Crippen LogP contribution in [0.1, 0.15) is 34.2 Å². The number of carbonyl (C=O) groups excluding carboxylic acids is 1. The van der Waals surface area contributed by atoms with Crippen molar-refractivity contribution in [1.29, 1.82) is 0 Å². The number of amides is 1. The van der Waals surface area contributed by atoms with E-state index in [0.29, 0.717) is 11.4 Å². The van der Waals surface area contributed by atoms with Gasteiger partial charge in [0.05, 0.1) is 12.8 Å². The highest BCUT2D eigenvalue weighted by Gasteiger charge is 2.18. The fourth-order valence-corrected chi connectivity index (χ4v) is 2.50. The third-order valence-corrected chi connectivity index (χ3v) is 3.76. The molecule has 0 aromatic carbocycles. The summed E-state index contributed by atoms with van der Waals surface area (Å²) < 4.78 is 6.99. The summed E-state index contributed by atoms with van der Waals surface area (Å²) >= 11 is 0.